The zero-order chi connectivity index (χ0) is 16.3. The van der Waals surface area contributed by atoms with Crippen LogP contribution in [0.25, 0.3) is 0 Å². The van der Waals surface area contributed by atoms with E-state index in [4.69, 9.17) is 32.2 Å². The first kappa shape index (κ1) is 15.9. The molecule has 0 aliphatic heterocycles. The summed E-state index contributed by atoms with van der Waals surface area (Å²) in [5.41, 5.74) is 6.11. The average molecular weight is 322 g/mol. The number of carbonyl (C=O) groups is 1. The molecule has 0 aliphatic carbocycles. The van der Waals surface area contributed by atoms with Crippen LogP contribution in [0.2, 0.25) is 5.02 Å². The number of methoxy groups -OCH3 is 2. The molecule has 116 valence electrons. The molecule has 3 N–H and O–H groups in total. The number of carbonyl (C=O) groups excluding carboxylic acids is 1. The van der Waals surface area contributed by atoms with E-state index in [1.807, 2.05) is 0 Å². The van der Waals surface area contributed by atoms with Gasteiger partial charge in [-0.25, -0.2) is 0 Å². The van der Waals surface area contributed by atoms with Crippen molar-refractivity contribution >= 4 is 17.5 Å². The Morgan fingerprint density at radius 1 is 1.32 bits per heavy atom. The number of nitrogens with two attached hydrogens (primary N) is 1. The molecule has 1 aromatic carbocycles. The van der Waals surface area contributed by atoms with Crippen LogP contribution in [0.3, 0.4) is 0 Å². The lowest BCUT2D eigenvalue weighted by atomic mass is 10.1. The second-order valence-corrected chi connectivity index (χ2v) is 5.03. The minimum atomic E-state index is -0.696. The van der Waals surface area contributed by atoms with Crippen LogP contribution in [-0.4, -0.2) is 24.7 Å². The average Bonchev–Trinajstić information content (AvgIpc) is 2.50. The van der Waals surface area contributed by atoms with Crippen molar-refractivity contribution in [3.05, 3.63) is 52.1 Å². The number of hydrogen-bond acceptors (Lipinski definition) is 4. The highest BCUT2D eigenvalue weighted by atomic mass is 35.5. The summed E-state index contributed by atoms with van der Waals surface area (Å²) in [7, 11) is 3.13. The molecule has 1 aromatic heterocycles. The van der Waals surface area contributed by atoms with E-state index in [0.29, 0.717) is 23.1 Å². The number of primary amides is 1. The van der Waals surface area contributed by atoms with Gasteiger partial charge in [-0.05, 0) is 24.3 Å². The highest BCUT2D eigenvalue weighted by Gasteiger charge is 2.11. The molecule has 1 amide bonds. The third-order valence-corrected chi connectivity index (χ3v) is 3.40. The second-order valence-electron chi connectivity index (χ2n) is 4.59. The van der Waals surface area contributed by atoms with Crippen molar-refractivity contribution in [2.24, 2.45) is 5.73 Å². The van der Waals surface area contributed by atoms with Gasteiger partial charge in [0, 0.05) is 11.8 Å². The predicted octanol–water partition coefficient (Wildman–Crippen LogP) is 1.79. The van der Waals surface area contributed by atoms with E-state index in [-0.39, 0.29) is 11.1 Å². The molecular weight excluding hydrogens is 306 g/mol. The monoisotopic (exact) mass is 321 g/mol. The lowest BCUT2D eigenvalue weighted by Gasteiger charge is -2.14. The second kappa shape index (κ2) is 6.53. The van der Waals surface area contributed by atoms with E-state index in [0.717, 1.165) is 5.56 Å². The van der Waals surface area contributed by atoms with E-state index in [1.54, 1.807) is 38.6 Å². The molecule has 0 saturated carbocycles. The molecule has 0 atom stereocenters. The molecule has 7 heteroatoms. The lowest BCUT2D eigenvalue weighted by Crippen LogP contribution is -2.29. The van der Waals surface area contributed by atoms with E-state index in [9.17, 15) is 4.79 Å². The Hall–Kier alpha value is -2.47. The number of halogens is 1. The Morgan fingerprint density at radius 3 is 2.64 bits per heavy atom. The number of aromatic nitrogens is 1. The molecule has 0 radical (unpaired) electrons. The number of nitrogens with one attached hydrogen (secondary N) is 1. The molecule has 0 unspecified atom stereocenters. The number of amides is 1. The molecule has 0 spiro atoms. The van der Waals surface area contributed by atoms with Crippen LogP contribution in [0.4, 0.5) is 0 Å². The van der Waals surface area contributed by atoms with E-state index in [2.05, 4.69) is 0 Å². The summed E-state index contributed by atoms with van der Waals surface area (Å²) in [6.07, 6.45) is 1.56. The Balaban J connectivity index is 2.51. The van der Waals surface area contributed by atoms with Gasteiger partial charge in [0.25, 0.3) is 5.91 Å². The maximum absolute atomic E-state index is 11.4. The van der Waals surface area contributed by atoms with Gasteiger partial charge in [0.05, 0.1) is 31.4 Å². The highest BCUT2D eigenvalue weighted by Crippen LogP contribution is 2.24. The SMILES string of the molecule is COc1ccc(OC)c(Cn2cc(Cl)cc(C(N)=O)c2=N)c1. The molecule has 0 aliphatic rings. The molecule has 1 heterocycles. The molecule has 0 bridgehead atoms. The smallest absolute Gasteiger partial charge is 0.252 e. The number of pyridine rings is 1. The number of rotatable bonds is 5. The molecular formula is C15H16ClN3O3. The van der Waals surface area contributed by atoms with Crippen LogP contribution < -0.4 is 20.7 Å². The van der Waals surface area contributed by atoms with Crippen LogP contribution in [0, 0.1) is 5.41 Å². The first-order valence-electron chi connectivity index (χ1n) is 6.41. The fraction of sp³-hybridized carbons (Fsp3) is 0.200. The molecule has 2 rings (SSSR count). The molecule has 6 nitrogen and oxygen atoms in total. The summed E-state index contributed by atoms with van der Waals surface area (Å²) in [5, 5.41) is 8.41. The largest absolute Gasteiger partial charge is 0.497 e. The van der Waals surface area contributed by atoms with E-state index >= 15 is 0 Å². The van der Waals surface area contributed by atoms with Crippen molar-refractivity contribution in [2.45, 2.75) is 6.54 Å². The highest BCUT2D eigenvalue weighted by molar-refractivity contribution is 6.30. The topological polar surface area (TPSA) is 90.3 Å². The van der Waals surface area contributed by atoms with Crippen LogP contribution in [-0.2, 0) is 6.54 Å². The van der Waals surface area contributed by atoms with Gasteiger partial charge in [-0.1, -0.05) is 11.6 Å². The zero-order valence-corrected chi connectivity index (χ0v) is 13.0. The molecule has 0 saturated heterocycles. The zero-order valence-electron chi connectivity index (χ0n) is 12.2. The summed E-state index contributed by atoms with van der Waals surface area (Å²) in [6, 6.07) is 6.74. The lowest BCUT2D eigenvalue weighted by molar-refractivity contribution is 0.0998. The van der Waals surface area contributed by atoms with Crippen LogP contribution in [0.1, 0.15) is 15.9 Å². The van der Waals surface area contributed by atoms with Gasteiger partial charge in [0.1, 0.15) is 17.0 Å². The summed E-state index contributed by atoms with van der Waals surface area (Å²) >= 11 is 6.00. The van der Waals surface area contributed by atoms with Crippen LogP contribution >= 0.6 is 11.6 Å². The fourth-order valence-electron chi connectivity index (χ4n) is 2.11. The Morgan fingerprint density at radius 2 is 2.05 bits per heavy atom. The van der Waals surface area contributed by atoms with Gasteiger partial charge in [-0.15, -0.1) is 0 Å². The van der Waals surface area contributed by atoms with Gasteiger partial charge < -0.3 is 19.8 Å². The van der Waals surface area contributed by atoms with E-state index < -0.39 is 5.91 Å². The summed E-state index contributed by atoms with van der Waals surface area (Å²) < 4.78 is 12.0. The minimum absolute atomic E-state index is 0.0122. The van der Waals surface area contributed by atoms with Crippen molar-refractivity contribution in [1.29, 1.82) is 5.41 Å². The first-order chi connectivity index (χ1) is 10.5. The Kier molecular flexibility index (Phi) is 4.72. The van der Waals surface area contributed by atoms with Gasteiger partial charge >= 0.3 is 0 Å². The maximum Gasteiger partial charge on any atom is 0.252 e. The van der Waals surface area contributed by atoms with Crippen molar-refractivity contribution in [3.63, 3.8) is 0 Å². The minimum Gasteiger partial charge on any atom is -0.497 e. The third-order valence-electron chi connectivity index (χ3n) is 3.20. The van der Waals surface area contributed by atoms with Gasteiger partial charge in [0.15, 0.2) is 0 Å². The Bertz CT molecular complexity index is 771. The number of hydrogen-bond donors (Lipinski definition) is 2. The quantitative estimate of drug-likeness (QED) is 0.879. The third kappa shape index (κ3) is 3.23. The fourth-order valence-corrected chi connectivity index (χ4v) is 2.34. The summed E-state index contributed by atoms with van der Waals surface area (Å²) in [4.78, 5) is 11.4. The van der Waals surface area contributed by atoms with Gasteiger partial charge in [0.2, 0.25) is 0 Å². The predicted molar refractivity (Wildman–Crippen MR) is 82.5 cm³/mol. The number of nitrogens with zero attached hydrogens (tertiary/aromatic N) is 1. The standard InChI is InChI=1S/C15H16ClN3O3/c1-21-11-3-4-13(22-2)9(5-11)7-19-8-10(16)6-12(14(19)17)15(18)20/h3-6,8,17H,7H2,1-2H3,(H2,18,20). The van der Waals surface area contributed by atoms with Crippen molar-refractivity contribution < 1.29 is 14.3 Å². The summed E-state index contributed by atoms with van der Waals surface area (Å²) in [5.74, 6) is 0.618. The maximum atomic E-state index is 11.4. The molecule has 2 aromatic rings. The first-order valence-corrected chi connectivity index (χ1v) is 6.79. The number of ether oxygens (including phenoxy) is 2. The Labute approximate surface area is 132 Å². The molecule has 22 heavy (non-hydrogen) atoms. The van der Waals surface area contributed by atoms with Crippen molar-refractivity contribution in [3.8, 4) is 11.5 Å². The normalized spacial score (nSPS) is 10.3. The van der Waals surface area contributed by atoms with E-state index in [1.165, 1.54) is 10.6 Å². The van der Waals surface area contributed by atoms with Crippen LogP contribution in [0.5, 0.6) is 11.5 Å². The van der Waals surface area contributed by atoms with Gasteiger partial charge in [-0.3, -0.25) is 10.2 Å². The van der Waals surface area contributed by atoms with Crippen LogP contribution in [0.15, 0.2) is 30.5 Å². The van der Waals surface area contributed by atoms with Gasteiger partial charge in [-0.2, -0.15) is 0 Å². The summed E-state index contributed by atoms with van der Waals surface area (Å²) in [6.45, 7) is 0.292. The molecule has 0 fully saturated rings. The number of benzene rings is 1. The van der Waals surface area contributed by atoms with Crippen molar-refractivity contribution in [2.75, 3.05) is 14.2 Å². The van der Waals surface area contributed by atoms with Crippen molar-refractivity contribution in [1.82, 2.24) is 4.57 Å².